The minimum Gasteiger partial charge on any atom is -0.460 e. The van der Waals surface area contributed by atoms with Crippen LogP contribution >= 0.6 is 11.8 Å². The Morgan fingerprint density at radius 3 is 2.29 bits per heavy atom. The maximum Gasteiger partial charge on any atom is 0.409 e. The summed E-state index contributed by atoms with van der Waals surface area (Å²) >= 11 is 1.67. The van der Waals surface area contributed by atoms with Crippen molar-refractivity contribution in [3.05, 3.63) is 42.1 Å². The second kappa shape index (κ2) is 16.1. The fraction of sp³-hybridized carbons (Fsp3) is 0.576. The molecule has 2 aromatic rings. The van der Waals surface area contributed by atoms with Crippen LogP contribution in [0.25, 0.3) is 11.4 Å². The number of thioether (sulfide) groups is 1. The van der Waals surface area contributed by atoms with Crippen LogP contribution in [0.1, 0.15) is 83.1 Å². The third kappa shape index (κ3) is 10.4. The summed E-state index contributed by atoms with van der Waals surface area (Å²) in [5, 5.41) is 4.01. The van der Waals surface area contributed by atoms with Crippen molar-refractivity contribution in [2.45, 2.75) is 94.6 Å². The molecule has 1 aromatic carbocycles. The van der Waals surface area contributed by atoms with Crippen LogP contribution in [0.3, 0.4) is 0 Å². The number of nitrogens with zero attached hydrogens (tertiary/aromatic N) is 4. The molecule has 1 atom stereocenters. The van der Waals surface area contributed by atoms with Crippen LogP contribution < -0.4 is 5.32 Å². The molecule has 1 saturated heterocycles. The van der Waals surface area contributed by atoms with Gasteiger partial charge in [0.1, 0.15) is 22.4 Å². The van der Waals surface area contributed by atoms with E-state index in [0.29, 0.717) is 29.2 Å². The van der Waals surface area contributed by atoms with Gasteiger partial charge in [-0.05, 0) is 47.0 Å². The molecule has 0 bridgehead atoms. The summed E-state index contributed by atoms with van der Waals surface area (Å²) in [6.45, 7) is 8.54. The molecule has 1 aromatic heterocycles. The fourth-order valence-electron chi connectivity index (χ4n) is 5.36. The highest BCUT2D eigenvalue weighted by molar-refractivity contribution is 7.99. The van der Waals surface area contributed by atoms with Crippen molar-refractivity contribution in [1.82, 2.24) is 25.1 Å². The number of carbonyl (C=O) groups excluding carboxylic acids is 4. The Morgan fingerprint density at radius 1 is 0.978 bits per heavy atom. The van der Waals surface area contributed by atoms with E-state index in [-0.39, 0.29) is 44.1 Å². The SMILES string of the molecule is CCOC(=O)N1CCN(C(=O)C(CCC(=O)OC(C)(C)C)NC(=O)c2cc(SC3CCCCC3)nc(-c3ccccc3)n2)CC1. The normalized spacial score (nSPS) is 16.5. The van der Waals surface area contributed by atoms with Gasteiger partial charge >= 0.3 is 12.1 Å². The van der Waals surface area contributed by atoms with Gasteiger partial charge in [-0.2, -0.15) is 0 Å². The summed E-state index contributed by atoms with van der Waals surface area (Å²) in [4.78, 5) is 64.9. The number of hydrogen-bond acceptors (Lipinski definition) is 9. The molecule has 1 saturated carbocycles. The Kier molecular flexibility index (Phi) is 12.2. The number of aromatic nitrogens is 2. The molecule has 1 aliphatic carbocycles. The summed E-state index contributed by atoms with van der Waals surface area (Å²) in [6.07, 6.45) is 5.37. The molecule has 1 aliphatic heterocycles. The van der Waals surface area contributed by atoms with Crippen LogP contribution in [0.2, 0.25) is 0 Å². The first-order valence-electron chi connectivity index (χ1n) is 15.9. The lowest BCUT2D eigenvalue weighted by atomic mass is 10.0. The number of carbonyl (C=O) groups is 4. The number of rotatable bonds is 10. The zero-order chi connectivity index (χ0) is 32.4. The minimum absolute atomic E-state index is 0.0535. The Morgan fingerprint density at radius 2 is 1.64 bits per heavy atom. The molecule has 0 radical (unpaired) electrons. The van der Waals surface area contributed by atoms with Gasteiger partial charge in [0, 0.05) is 49.5 Å². The zero-order valence-corrected chi connectivity index (χ0v) is 27.6. The molecule has 1 N–H and O–H groups in total. The topological polar surface area (TPSA) is 131 Å². The summed E-state index contributed by atoms with van der Waals surface area (Å²) in [6, 6.07) is 10.2. The van der Waals surface area contributed by atoms with E-state index in [1.807, 2.05) is 30.3 Å². The number of ether oxygens (including phenoxy) is 2. The van der Waals surface area contributed by atoms with Crippen LogP contribution in [0.5, 0.6) is 0 Å². The van der Waals surface area contributed by atoms with Crippen molar-refractivity contribution in [3.63, 3.8) is 0 Å². The zero-order valence-electron chi connectivity index (χ0n) is 26.8. The number of benzene rings is 1. The first-order valence-corrected chi connectivity index (χ1v) is 16.7. The summed E-state index contributed by atoms with van der Waals surface area (Å²) in [7, 11) is 0. The second-order valence-electron chi connectivity index (χ2n) is 12.3. The van der Waals surface area contributed by atoms with Gasteiger partial charge in [-0.3, -0.25) is 14.4 Å². The van der Waals surface area contributed by atoms with Crippen molar-refractivity contribution in [1.29, 1.82) is 0 Å². The molecule has 0 spiro atoms. The first-order chi connectivity index (χ1) is 21.5. The monoisotopic (exact) mass is 639 g/mol. The molecule has 244 valence electrons. The van der Waals surface area contributed by atoms with Crippen molar-refractivity contribution < 1.29 is 28.7 Å². The molecule has 2 fully saturated rings. The Labute approximate surface area is 269 Å². The van der Waals surface area contributed by atoms with E-state index < -0.39 is 29.6 Å². The summed E-state index contributed by atoms with van der Waals surface area (Å²) in [5.41, 5.74) is 0.267. The maximum atomic E-state index is 13.8. The smallest absolute Gasteiger partial charge is 0.409 e. The van der Waals surface area contributed by atoms with Crippen molar-refractivity contribution in [3.8, 4) is 11.4 Å². The van der Waals surface area contributed by atoms with E-state index in [9.17, 15) is 19.2 Å². The van der Waals surface area contributed by atoms with Crippen molar-refractivity contribution in [2.24, 2.45) is 0 Å². The van der Waals surface area contributed by atoms with Gasteiger partial charge in [-0.15, -0.1) is 11.8 Å². The Balaban J connectivity index is 1.54. The molecular weight excluding hydrogens is 594 g/mol. The van der Waals surface area contributed by atoms with Crippen LogP contribution in [-0.2, 0) is 19.1 Å². The second-order valence-corrected chi connectivity index (χ2v) is 13.6. The highest BCUT2D eigenvalue weighted by Crippen LogP contribution is 2.33. The quantitative estimate of drug-likeness (QED) is 0.279. The molecular formula is C33H45N5O6S. The Bertz CT molecular complexity index is 1320. The fourth-order valence-corrected chi connectivity index (χ4v) is 6.59. The predicted molar refractivity (Wildman–Crippen MR) is 172 cm³/mol. The van der Waals surface area contributed by atoms with Gasteiger partial charge < -0.3 is 24.6 Å². The summed E-state index contributed by atoms with van der Waals surface area (Å²) < 4.78 is 10.6. The van der Waals surface area contributed by atoms with E-state index in [1.54, 1.807) is 55.3 Å². The standard InChI is InChI=1S/C33H45N5O6S/c1-5-43-32(42)38-20-18-37(19-21-38)31(41)25(16-17-28(39)44-33(2,3)4)35-30(40)26-22-27(45-24-14-10-7-11-15-24)36-29(34-26)23-12-8-6-9-13-23/h6,8-9,12-13,22,24-25H,5,7,10-11,14-21H2,1-4H3,(H,35,40). The number of piperazine rings is 1. The van der Waals surface area contributed by atoms with E-state index in [1.165, 1.54) is 19.3 Å². The van der Waals surface area contributed by atoms with E-state index in [2.05, 4.69) is 10.3 Å². The lowest BCUT2D eigenvalue weighted by Crippen LogP contribution is -2.56. The number of esters is 1. The van der Waals surface area contributed by atoms with Crippen molar-refractivity contribution >= 4 is 35.6 Å². The van der Waals surface area contributed by atoms with E-state index in [0.717, 1.165) is 18.4 Å². The van der Waals surface area contributed by atoms with E-state index in [4.69, 9.17) is 14.5 Å². The largest absolute Gasteiger partial charge is 0.460 e. The molecule has 1 unspecified atom stereocenters. The van der Waals surface area contributed by atoms with E-state index >= 15 is 0 Å². The molecule has 3 amide bonds. The number of nitrogens with one attached hydrogen (secondary N) is 1. The van der Waals surface area contributed by atoms with Gasteiger partial charge in [0.25, 0.3) is 5.91 Å². The van der Waals surface area contributed by atoms with Gasteiger partial charge in [-0.1, -0.05) is 49.6 Å². The average Bonchev–Trinajstić information content (AvgIpc) is 3.02. The molecule has 45 heavy (non-hydrogen) atoms. The molecule has 4 rings (SSSR count). The van der Waals surface area contributed by atoms with Gasteiger partial charge in [0.15, 0.2) is 5.82 Å². The summed E-state index contributed by atoms with van der Waals surface area (Å²) in [5.74, 6) is -0.869. The molecule has 12 heteroatoms. The number of hydrogen-bond donors (Lipinski definition) is 1. The van der Waals surface area contributed by atoms with Crippen LogP contribution in [-0.4, -0.2) is 93.3 Å². The lowest BCUT2D eigenvalue weighted by Gasteiger charge is -2.36. The molecule has 11 nitrogen and oxygen atoms in total. The van der Waals surface area contributed by atoms with Crippen LogP contribution in [0.4, 0.5) is 4.79 Å². The average molecular weight is 640 g/mol. The van der Waals surface area contributed by atoms with Gasteiger partial charge in [0.2, 0.25) is 5.91 Å². The maximum absolute atomic E-state index is 13.8. The third-order valence-corrected chi connectivity index (χ3v) is 8.84. The number of amides is 3. The van der Waals surface area contributed by atoms with Crippen LogP contribution in [0.15, 0.2) is 41.4 Å². The highest BCUT2D eigenvalue weighted by atomic mass is 32.2. The van der Waals surface area contributed by atoms with Crippen molar-refractivity contribution in [2.75, 3.05) is 32.8 Å². The molecule has 2 heterocycles. The van der Waals surface area contributed by atoms with Gasteiger partial charge in [-0.25, -0.2) is 14.8 Å². The van der Waals surface area contributed by atoms with Gasteiger partial charge in [0.05, 0.1) is 6.61 Å². The molecule has 2 aliphatic rings. The lowest BCUT2D eigenvalue weighted by molar-refractivity contribution is -0.155. The predicted octanol–water partition coefficient (Wildman–Crippen LogP) is 5.09. The Hall–Kier alpha value is -3.67. The van der Waals surface area contributed by atoms with Crippen LogP contribution in [0, 0.1) is 0 Å². The minimum atomic E-state index is -0.997. The third-order valence-electron chi connectivity index (χ3n) is 7.58. The highest BCUT2D eigenvalue weighted by Gasteiger charge is 2.32. The first kappa shape index (κ1) is 34.2.